The van der Waals surface area contributed by atoms with Gasteiger partial charge in [-0.2, -0.15) is 0 Å². The van der Waals surface area contributed by atoms with Gasteiger partial charge in [-0.3, -0.25) is 4.79 Å². The predicted octanol–water partition coefficient (Wildman–Crippen LogP) is 3.47. The summed E-state index contributed by atoms with van der Waals surface area (Å²) >= 11 is 5.76. The summed E-state index contributed by atoms with van der Waals surface area (Å²) in [5.74, 6) is -2.25. The van der Waals surface area contributed by atoms with Gasteiger partial charge in [0.2, 0.25) is 0 Å². The summed E-state index contributed by atoms with van der Waals surface area (Å²) in [4.78, 5) is 11.6. The van der Waals surface area contributed by atoms with E-state index in [2.05, 4.69) is 0 Å². The van der Waals surface area contributed by atoms with Crippen LogP contribution in [0.15, 0.2) is 12.1 Å². The van der Waals surface area contributed by atoms with Crippen LogP contribution in [-0.4, -0.2) is 16.2 Å². The number of carboxylic acids is 1. The summed E-state index contributed by atoms with van der Waals surface area (Å²) in [6.45, 7) is 0. The number of aliphatic carboxylic acids is 1. The van der Waals surface area contributed by atoms with Crippen LogP contribution in [0.1, 0.15) is 37.7 Å². The average molecular weight is 273 g/mol. The Morgan fingerprint density at radius 2 is 1.89 bits per heavy atom. The maximum Gasteiger partial charge on any atom is 0.314 e. The second-order valence-electron chi connectivity index (χ2n) is 4.70. The van der Waals surface area contributed by atoms with E-state index in [0.29, 0.717) is 25.7 Å². The first-order valence-corrected chi connectivity index (χ1v) is 6.28. The molecule has 18 heavy (non-hydrogen) atoms. The van der Waals surface area contributed by atoms with Crippen LogP contribution >= 0.6 is 11.6 Å². The lowest BCUT2D eigenvalue weighted by Crippen LogP contribution is -2.38. The molecule has 1 aliphatic carbocycles. The van der Waals surface area contributed by atoms with Gasteiger partial charge in [0.05, 0.1) is 10.4 Å². The molecule has 0 unspecified atom stereocenters. The van der Waals surface area contributed by atoms with Gasteiger partial charge in [0.1, 0.15) is 11.6 Å². The molecule has 0 atom stereocenters. The molecule has 0 amide bonds. The molecule has 1 aromatic carbocycles. The molecule has 0 aliphatic heterocycles. The van der Waals surface area contributed by atoms with Crippen molar-refractivity contribution in [3.63, 3.8) is 0 Å². The summed E-state index contributed by atoms with van der Waals surface area (Å²) in [5, 5.41) is 19.4. The standard InChI is InChI=1S/C13H14ClFO3/c14-8-4-5-9(15)10(11(8)16)13(12(17)18)6-2-1-3-7-13/h4-5,16H,1-3,6-7H2,(H,17,18). The van der Waals surface area contributed by atoms with Crippen LogP contribution in [0.4, 0.5) is 4.39 Å². The van der Waals surface area contributed by atoms with Crippen LogP contribution in [0.5, 0.6) is 5.75 Å². The van der Waals surface area contributed by atoms with E-state index in [4.69, 9.17) is 11.6 Å². The lowest BCUT2D eigenvalue weighted by molar-refractivity contribution is -0.145. The molecule has 3 nitrogen and oxygen atoms in total. The van der Waals surface area contributed by atoms with E-state index in [1.165, 1.54) is 6.07 Å². The number of hydrogen-bond donors (Lipinski definition) is 2. The largest absolute Gasteiger partial charge is 0.506 e. The second-order valence-corrected chi connectivity index (χ2v) is 5.11. The number of carboxylic acid groups (broad SMARTS) is 1. The van der Waals surface area contributed by atoms with Gasteiger partial charge in [0.15, 0.2) is 0 Å². The predicted molar refractivity (Wildman–Crippen MR) is 65.5 cm³/mol. The van der Waals surface area contributed by atoms with Gasteiger partial charge in [-0.15, -0.1) is 0 Å². The highest BCUT2D eigenvalue weighted by atomic mass is 35.5. The highest BCUT2D eigenvalue weighted by Crippen LogP contribution is 2.46. The highest BCUT2D eigenvalue weighted by molar-refractivity contribution is 6.32. The van der Waals surface area contributed by atoms with Crippen molar-refractivity contribution in [2.24, 2.45) is 0 Å². The van der Waals surface area contributed by atoms with Crippen LogP contribution < -0.4 is 0 Å². The van der Waals surface area contributed by atoms with Crippen molar-refractivity contribution in [1.29, 1.82) is 0 Å². The zero-order valence-electron chi connectivity index (χ0n) is 9.75. The molecule has 0 saturated heterocycles. The van der Waals surface area contributed by atoms with Gasteiger partial charge in [-0.25, -0.2) is 4.39 Å². The number of halogens is 2. The van der Waals surface area contributed by atoms with Crippen molar-refractivity contribution in [3.8, 4) is 5.75 Å². The quantitative estimate of drug-likeness (QED) is 0.867. The average Bonchev–Trinajstić information content (AvgIpc) is 2.35. The van der Waals surface area contributed by atoms with Crippen molar-refractivity contribution in [2.45, 2.75) is 37.5 Å². The third-order valence-corrected chi connectivity index (χ3v) is 3.98. The summed E-state index contributed by atoms with van der Waals surface area (Å²) in [5.41, 5.74) is -1.51. The van der Waals surface area contributed by atoms with E-state index in [9.17, 15) is 19.4 Å². The molecule has 1 aromatic rings. The Kier molecular flexibility index (Phi) is 3.48. The first-order valence-electron chi connectivity index (χ1n) is 5.90. The molecule has 1 saturated carbocycles. The number of aromatic hydroxyl groups is 1. The Bertz CT molecular complexity index is 481. The van der Waals surface area contributed by atoms with Gasteiger partial charge in [-0.1, -0.05) is 30.9 Å². The maximum absolute atomic E-state index is 13.9. The molecule has 0 spiro atoms. The Morgan fingerprint density at radius 3 is 2.44 bits per heavy atom. The molecule has 0 bridgehead atoms. The highest BCUT2D eigenvalue weighted by Gasteiger charge is 2.45. The zero-order valence-corrected chi connectivity index (χ0v) is 10.5. The molecular formula is C13H14ClFO3. The summed E-state index contributed by atoms with van der Waals surface area (Å²) in [7, 11) is 0. The van der Waals surface area contributed by atoms with Crippen molar-refractivity contribution >= 4 is 17.6 Å². The normalized spacial score (nSPS) is 18.6. The lowest BCUT2D eigenvalue weighted by atomic mass is 9.69. The fourth-order valence-corrected chi connectivity index (χ4v) is 2.88. The van der Waals surface area contributed by atoms with Gasteiger partial charge in [-0.05, 0) is 25.0 Å². The molecule has 0 aromatic heterocycles. The SMILES string of the molecule is O=C(O)C1(c2c(F)ccc(Cl)c2O)CCCCC1. The van der Waals surface area contributed by atoms with Gasteiger partial charge in [0.25, 0.3) is 0 Å². The number of phenolic OH excluding ortho intramolecular Hbond substituents is 1. The van der Waals surface area contributed by atoms with Crippen LogP contribution in [0.2, 0.25) is 5.02 Å². The molecule has 0 radical (unpaired) electrons. The van der Waals surface area contributed by atoms with Gasteiger partial charge < -0.3 is 10.2 Å². The summed E-state index contributed by atoms with van der Waals surface area (Å²) < 4.78 is 13.9. The lowest BCUT2D eigenvalue weighted by Gasteiger charge is -2.34. The fourth-order valence-electron chi connectivity index (χ4n) is 2.72. The minimum atomic E-state index is -1.35. The topological polar surface area (TPSA) is 57.5 Å². The van der Waals surface area contributed by atoms with E-state index >= 15 is 0 Å². The Hall–Kier alpha value is -1.29. The number of rotatable bonds is 2. The van der Waals surface area contributed by atoms with Crippen molar-refractivity contribution in [2.75, 3.05) is 0 Å². The minimum Gasteiger partial charge on any atom is -0.506 e. The fraction of sp³-hybridized carbons (Fsp3) is 0.462. The molecule has 1 aliphatic rings. The number of carbonyl (C=O) groups is 1. The van der Waals surface area contributed by atoms with Crippen LogP contribution in [-0.2, 0) is 10.2 Å². The monoisotopic (exact) mass is 272 g/mol. The van der Waals surface area contributed by atoms with E-state index < -0.39 is 23.0 Å². The molecule has 1 fully saturated rings. The van der Waals surface area contributed by atoms with Gasteiger partial charge >= 0.3 is 5.97 Å². The molecule has 5 heteroatoms. The van der Waals surface area contributed by atoms with Gasteiger partial charge in [0, 0.05) is 5.56 Å². The zero-order chi connectivity index (χ0) is 13.3. The molecule has 2 N–H and O–H groups in total. The van der Waals surface area contributed by atoms with Crippen LogP contribution in [0, 0.1) is 5.82 Å². The Morgan fingerprint density at radius 1 is 1.28 bits per heavy atom. The smallest absolute Gasteiger partial charge is 0.314 e. The first-order chi connectivity index (χ1) is 8.49. The maximum atomic E-state index is 13.9. The van der Waals surface area contributed by atoms with Crippen molar-refractivity contribution in [3.05, 3.63) is 28.5 Å². The molecule has 98 valence electrons. The number of phenols is 1. The number of hydrogen-bond acceptors (Lipinski definition) is 2. The van der Waals surface area contributed by atoms with Crippen LogP contribution in [0.25, 0.3) is 0 Å². The summed E-state index contributed by atoms with van der Waals surface area (Å²) in [6.07, 6.45) is 2.99. The molecule has 0 heterocycles. The van der Waals surface area contributed by atoms with Crippen molar-refractivity contribution in [1.82, 2.24) is 0 Å². The van der Waals surface area contributed by atoms with Crippen LogP contribution in [0.3, 0.4) is 0 Å². The Balaban J connectivity index is 2.63. The van der Waals surface area contributed by atoms with E-state index in [1.807, 2.05) is 0 Å². The number of benzene rings is 1. The molecule has 2 rings (SSSR count). The Labute approximate surface area is 109 Å². The minimum absolute atomic E-state index is 0.0161. The van der Waals surface area contributed by atoms with E-state index in [0.717, 1.165) is 12.5 Å². The molecular weight excluding hydrogens is 259 g/mol. The third kappa shape index (κ3) is 1.94. The second kappa shape index (κ2) is 4.76. The van der Waals surface area contributed by atoms with E-state index in [1.54, 1.807) is 0 Å². The van der Waals surface area contributed by atoms with Crippen molar-refractivity contribution < 1.29 is 19.4 Å². The first kappa shape index (κ1) is 13.1. The van der Waals surface area contributed by atoms with E-state index in [-0.39, 0.29) is 10.6 Å². The summed E-state index contributed by atoms with van der Waals surface area (Å²) in [6, 6.07) is 2.34. The third-order valence-electron chi connectivity index (χ3n) is 3.67.